The normalized spacial score (nSPS) is 25.4. The Morgan fingerprint density at radius 1 is 0.960 bits per heavy atom. The Bertz CT molecular complexity index is 667. The maximum Gasteiger partial charge on any atom is 0.234 e. The zero-order valence-corrected chi connectivity index (χ0v) is 14.5. The van der Waals surface area contributed by atoms with Gasteiger partial charge in [-0.1, -0.05) is 24.3 Å². The molecule has 1 N–H and O–H groups in total. The van der Waals surface area contributed by atoms with Crippen molar-refractivity contribution in [2.75, 3.05) is 31.1 Å². The Morgan fingerprint density at radius 3 is 2.28 bits per heavy atom. The lowest BCUT2D eigenvalue weighted by atomic mass is 9.90. The van der Waals surface area contributed by atoms with Crippen LogP contribution in [0.4, 0.5) is 5.69 Å². The van der Waals surface area contributed by atoms with Crippen LogP contribution in [0, 0.1) is 0 Å². The Morgan fingerprint density at radius 2 is 1.64 bits per heavy atom. The Kier molecular flexibility index (Phi) is 4.57. The molecule has 0 saturated carbocycles. The molecule has 2 amide bonds. The second-order valence-corrected chi connectivity index (χ2v) is 7.24. The van der Waals surface area contributed by atoms with Crippen LogP contribution in [0.15, 0.2) is 36.4 Å². The van der Waals surface area contributed by atoms with Gasteiger partial charge in [0.05, 0.1) is 5.92 Å². The van der Waals surface area contributed by atoms with E-state index in [0.717, 1.165) is 31.5 Å². The van der Waals surface area contributed by atoms with Crippen LogP contribution in [-0.2, 0) is 9.59 Å². The summed E-state index contributed by atoms with van der Waals surface area (Å²) < 4.78 is 0. The van der Waals surface area contributed by atoms with E-state index in [1.165, 1.54) is 18.8 Å². The number of hydrogen-bond acceptors (Lipinski definition) is 4. The van der Waals surface area contributed by atoms with E-state index in [1.807, 2.05) is 12.1 Å². The summed E-state index contributed by atoms with van der Waals surface area (Å²) in [5, 5.41) is 2.44. The highest BCUT2D eigenvalue weighted by molar-refractivity contribution is 6.00. The monoisotopic (exact) mass is 339 g/mol. The van der Waals surface area contributed by atoms with Crippen LogP contribution in [0.1, 0.15) is 37.2 Å². The van der Waals surface area contributed by atoms with Crippen molar-refractivity contribution in [2.24, 2.45) is 0 Å². The third-order valence-corrected chi connectivity index (χ3v) is 5.61. The first-order valence-electron chi connectivity index (χ1n) is 9.28. The minimum atomic E-state index is -0.194. The van der Waals surface area contributed by atoms with Gasteiger partial charge in [-0.3, -0.25) is 19.8 Å². The van der Waals surface area contributed by atoms with E-state index in [1.54, 1.807) is 0 Å². The molecule has 0 radical (unpaired) electrons. The molecular formula is C20H25N3O2. The second kappa shape index (κ2) is 7.00. The molecule has 1 atom stereocenters. The number of piperidine rings is 1. The molecule has 3 aliphatic heterocycles. The Labute approximate surface area is 148 Å². The summed E-state index contributed by atoms with van der Waals surface area (Å²) in [6.45, 7) is 4.50. The molecule has 3 heterocycles. The Hall–Kier alpha value is -2.14. The van der Waals surface area contributed by atoms with E-state index >= 15 is 0 Å². The van der Waals surface area contributed by atoms with E-state index < -0.39 is 0 Å². The molecular weight excluding hydrogens is 314 g/mol. The van der Waals surface area contributed by atoms with E-state index in [0.29, 0.717) is 18.9 Å². The van der Waals surface area contributed by atoms with Crippen molar-refractivity contribution in [1.82, 2.24) is 10.2 Å². The maximum atomic E-state index is 12.0. The second-order valence-electron chi connectivity index (χ2n) is 7.24. The number of benzene rings is 1. The zero-order valence-electron chi connectivity index (χ0n) is 14.5. The minimum absolute atomic E-state index is 0.159. The molecule has 4 rings (SSSR count). The van der Waals surface area contributed by atoms with Crippen molar-refractivity contribution in [3.05, 3.63) is 42.0 Å². The first-order chi connectivity index (χ1) is 12.2. The fraction of sp³-hybridized carbons (Fsp3) is 0.500. The predicted octanol–water partition coefficient (Wildman–Crippen LogP) is 2.05. The van der Waals surface area contributed by atoms with E-state index in [9.17, 15) is 9.59 Å². The largest absolute Gasteiger partial charge is 0.368 e. The highest BCUT2D eigenvalue weighted by Gasteiger charge is 2.32. The van der Waals surface area contributed by atoms with Gasteiger partial charge in [0, 0.05) is 44.3 Å². The van der Waals surface area contributed by atoms with Crippen LogP contribution in [0.25, 0.3) is 0 Å². The standard InChI is InChI=1S/C20H25N3O2/c24-19-10-9-18(20(25)21-19)15-5-7-16(8-6-15)23-13-17(14-23)22-11-3-1-2-4-12-22/h1-2,5-8,17-18H,3-4,9-14H2,(H,21,24,25). The topological polar surface area (TPSA) is 52.7 Å². The van der Waals surface area contributed by atoms with Crippen molar-refractivity contribution < 1.29 is 9.59 Å². The fourth-order valence-electron chi connectivity index (χ4n) is 4.02. The quantitative estimate of drug-likeness (QED) is 0.676. The lowest BCUT2D eigenvalue weighted by Crippen LogP contribution is -2.59. The van der Waals surface area contributed by atoms with Gasteiger partial charge in [0.1, 0.15) is 0 Å². The molecule has 1 aromatic carbocycles. The number of nitrogens with one attached hydrogen (secondary N) is 1. The van der Waals surface area contributed by atoms with Gasteiger partial charge >= 0.3 is 0 Å². The third-order valence-electron chi connectivity index (χ3n) is 5.61. The summed E-state index contributed by atoms with van der Waals surface area (Å²) in [6, 6.07) is 8.96. The molecule has 2 saturated heterocycles. The summed E-state index contributed by atoms with van der Waals surface area (Å²) in [6.07, 6.45) is 7.96. The van der Waals surface area contributed by atoms with Crippen LogP contribution in [0.5, 0.6) is 0 Å². The van der Waals surface area contributed by atoms with E-state index in [4.69, 9.17) is 0 Å². The zero-order chi connectivity index (χ0) is 17.2. The van der Waals surface area contributed by atoms with Crippen LogP contribution in [-0.4, -0.2) is 48.9 Å². The number of rotatable bonds is 3. The molecule has 1 unspecified atom stereocenters. The van der Waals surface area contributed by atoms with Gasteiger partial charge in [0.2, 0.25) is 11.8 Å². The van der Waals surface area contributed by atoms with Gasteiger partial charge in [-0.2, -0.15) is 0 Å². The van der Waals surface area contributed by atoms with Crippen molar-refractivity contribution in [1.29, 1.82) is 0 Å². The SMILES string of the molecule is O=C1CCC(c2ccc(N3CC(N4CCC=CCC4)C3)cc2)C(=O)N1. The Balaban J connectivity index is 1.34. The molecule has 5 heteroatoms. The summed E-state index contributed by atoms with van der Waals surface area (Å²) in [7, 11) is 0. The molecule has 25 heavy (non-hydrogen) atoms. The first kappa shape index (κ1) is 16.3. The summed E-state index contributed by atoms with van der Waals surface area (Å²) in [4.78, 5) is 28.3. The van der Waals surface area contributed by atoms with Gasteiger partial charge in [-0.15, -0.1) is 0 Å². The number of carbonyl (C=O) groups is 2. The summed E-state index contributed by atoms with van der Waals surface area (Å²) in [5.74, 6) is -0.517. The van der Waals surface area contributed by atoms with E-state index in [-0.39, 0.29) is 17.7 Å². The van der Waals surface area contributed by atoms with Crippen LogP contribution in [0.3, 0.4) is 0 Å². The van der Waals surface area contributed by atoms with Gasteiger partial charge in [0.15, 0.2) is 0 Å². The van der Waals surface area contributed by atoms with Gasteiger partial charge in [-0.05, 0) is 37.0 Å². The molecule has 0 spiro atoms. The van der Waals surface area contributed by atoms with Crippen molar-refractivity contribution in [3.8, 4) is 0 Å². The van der Waals surface area contributed by atoms with Crippen molar-refractivity contribution in [3.63, 3.8) is 0 Å². The fourth-order valence-corrected chi connectivity index (χ4v) is 4.02. The van der Waals surface area contributed by atoms with Gasteiger partial charge < -0.3 is 4.90 Å². The molecule has 0 aromatic heterocycles. The molecule has 2 fully saturated rings. The molecule has 3 aliphatic rings. The lowest BCUT2D eigenvalue weighted by Gasteiger charge is -2.46. The summed E-state index contributed by atoms with van der Waals surface area (Å²) >= 11 is 0. The number of anilines is 1. The molecule has 0 aliphatic carbocycles. The van der Waals surface area contributed by atoms with Crippen LogP contribution < -0.4 is 10.2 Å². The molecule has 0 bridgehead atoms. The average molecular weight is 339 g/mol. The number of amides is 2. The van der Waals surface area contributed by atoms with Gasteiger partial charge in [-0.25, -0.2) is 0 Å². The highest BCUT2D eigenvalue weighted by atomic mass is 16.2. The number of hydrogen-bond donors (Lipinski definition) is 1. The van der Waals surface area contributed by atoms with Crippen molar-refractivity contribution >= 4 is 17.5 Å². The number of nitrogens with zero attached hydrogens (tertiary/aromatic N) is 2. The summed E-state index contributed by atoms with van der Waals surface area (Å²) in [5.41, 5.74) is 2.23. The highest BCUT2D eigenvalue weighted by Crippen LogP contribution is 2.29. The first-order valence-corrected chi connectivity index (χ1v) is 9.28. The van der Waals surface area contributed by atoms with E-state index in [2.05, 4.69) is 39.4 Å². The molecule has 132 valence electrons. The number of carbonyl (C=O) groups excluding carboxylic acids is 2. The molecule has 5 nitrogen and oxygen atoms in total. The maximum absolute atomic E-state index is 12.0. The van der Waals surface area contributed by atoms with Crippen molar-refractivity contribution in [2.45, 2.75) is 37.6 Å². The smallest absolute Gasteiger partial charge is 0.234 e. The van der Waals surface area contributed by atoms with Crippen LogP contribution in [0.2, 0.25) is 0 Å². The number of imide groups is 1. The minimum Gasteiger partial charge on any atom is -0.368 e. The third kappa shape index (κ3) is 3.47. The van der Waals surface area contributed by atoms with Gasteiger partial charge in [0.25, 0.3) is 0 Å². The lowest BCUT2D eigenvalue weighted by molar-refractivity contribution is -0.134. The molecule has 1 aromatic rings. The van der Waals surface area contributed by atoms with Crippen LogP contribution >= 0.6 is 0 Å². The predicted molar refractivity (Wildman–Crippen MR) is 97.5 cm³/mol. The average Bonchev–Trinajstić information content (AvgIpc) is 2.84.